The molecule has 4 rings (SSSR count). The van der Waals surface area contributed by atoms with E-state index in [1.54, 1.807) is 0 Å². The Morgan fingerprint density at radius 3 is 1.50 bits per heavy atom. The van der Waals surface area contributed by atoms with Gasteiger partial charge in [-0.05, 0) is 80.5 Å². The van der Waals surface area contributed by atoms with E-state index in [1.165, 1.54) is 70.6 Å². The van der Waals surface area contributed by atoms with E-state index >= 15 is 0 Å². The maximum Gasteiger partial charge on any atom is 0.0655 e. The van der Waals surface area contributed by atoms with Crippen molar-refractivity contribution < 1.29 is 0 Å². The second kappa shape index (κ2) is 5.36. The highest BCUT2D eigenvalue weighted by molar-refractivity contribution is 5.03. The minimum absolute atomic E-state index is 0.388. The molecule has 4 saturated carbocycles. The molecule has 0 spiro atoms. The molecule has 4 aliphatic rings. The van der Waals surface area contributed by atoms with Crippen molar-refractivity contribution in [1.29, 1.82) is 5.26 Å². The smallest absolute Gasteiger partial charge is 0.0655 e. The first-order valence-corrected chi connectivity index (χ1v) is 9.28. The number of fused-ring (bicyclic) bond motifs is 6. The highest BCUT2D eigenvalue weighted by Gasteiger charge is 2.52. The lowest BCUT2D eigenvalue weighted by atomic mass is 9.47. The Morgan fingerprint density at radius 2 is 1.00 bits per heavy atom. The first kappa shape index (κ1) is 13.2. The predicted molar refractivity (Wildman–Crippen MR) is 80.8 cm³/mol. The zero-order valence-corrected chi connectivity index (χ0v) is 12.8. The SMILES string of the molecule is N#CC1CCC2C3CCCCC3C3CCCCC3C2C1. The van der Waals surface area contributed by atoms with E-state index in [9.17, 15) is 5.26 Å². The maximum absolute atomic E-state index is 9.36. The van der Waals surface area contributed by atoms with Crippen molar-refractivity contribution in [2.75, 3.05) is 0 Å². The van der Waals surface area contributed by atoms with Crippen molar-refractivity contribution >= 4 is 0 Å². The second-order valence-corrected chi connectivity index (χ2v) is 8.19. The van der Waals surface area contributed by atoms with Gasteiger partial charge < -0.3 is 0 Å². The van der Waals surface area contributed by atoms with Crippen LogP contribution in [0.2, 0.25) is 0 Å². The molecule has 0 radical (unpaired) electrons. The quantitative estimate of drug-likeness (QED) is 0.596. The van der Waals surface area contributed by atoms with Gasteiger partial charge in [-0.2, -0.15) is 5.26 Å². The van der Waals surface area contributed by atoms with Gasteiger partial charge in [-0.3, -0.25) is 0 Å². The van der Waals surface area contributed by atoms with Crippen molar-refractivity contribution in [3.63, 3.8) is 0 Å². The summed E-state index contributed by atoms with van der Waals surface area (Å²) in [6.07, 6.45) is 15.9. The summed E-state index contributed by atoms with van der Waals surface area (Å²) in [6, 6.07) is 2.60. The molecule has 7 atom stereocenters. The van der Waals surface area contributed by atoms with Gasteiger partial charge in [0.05, 0.1) is 6.07 Å². The average molecular weight is 271 g/mol. The van der Waals surface area contributed by atoms with Crippen LogP contribution in [0.1, 0.15) is 70.6 Å². The summed E-state index contributed by atoms with van der Waals surface area (Å²) in [5.41, 5.74) is 0. The van der Waals surface area contributed by atoms with Crippen LogP contribution in [0.15, 0.2) is 0 Å². The van der Waals surface area contributed by atoms with E-state index in [0.29, 0.717) is 5.92 Å². The highest BCUT2D eigenvalue weighted by atomic mass is 14.6. The molecular formula is C19H29N. The van der Waals surface area contributed by atoms with E-state index in [4.69, 9.17) is 0 Å². The molecule has 0 aromatic carbocycles. The van der Waals surface area contributed by atoms with E-state index in [0.717, 1.165) is 35.5 Å². The molecule has 110 valence electrons. The lowest BCUT2D eigenvalue weighted by Gasteiger charge is -2.57. The first-order chi connectivity index (χ1) is 9.88. The van der Waals surface area contributed by atoms with Crippen molar-refractivity contribution in [2.45, 2.75) is 70.6 Å². The highest BCUT2D eigenvalue weighted by Crippen LogP contribution is 2.60. The normalized spacial score (nSPS) is 51.2. The van der Waals surface area contributed by atoms with Gasteiger partial charge in [0.1, 0.15) is 0 Å². The Bertz CT molecular complexity index is 381. The number of rotatable bonds is 0. The van der Waals surface area contributed by atoms with Gasteiger partial charge in [0, 0.05) is 5.92 Å². The largest absolute Gasteiger partial charge is 0.198 e. The Labute approximate surface area is 124 Å². The maximum atomic E-state index is 9.36. The summed E-state index contributed by atoms with van der Waals surface area (Å²) in [6.45, 7) is 0. The zero-order chi connectivity index (χ0) is 13.5. The topological polar surface area (TPSA) is 23.8 Å². The van der Waals surface area contributed by atoms with Gasteiger partial charge in [0.2, 0.25) is 0 Å². The van der Waals surface area contributed by atoms with E-state index in [1.807, 2.05) is 0 Å². The first-order valence-electron chi connectivity index (χ1n) is 9.28. The van der Waals surface area contributed by atoms with Crippen molar-refractivity contribution in [2.24, 2.45) is 41.4 Å². The minimum Gasteiger partial charge on any atom is -0.198 e. The van der Waals surface area contributed by atoms with Crippen LogP contribution in [-0.2, 0) is 0 Å². The summed E-state index contributed by atoms with van der Waals surface area (Å²) in [4.78, 5) is 0. The summed E-state index contributed by atoms with van der Waals surface area (Å²) in [7, 11) is 0. The van der Waals surface area contributed by atoms with Crippen LogP contribution >= 0.6 is 0 Å². The van der Waals surface area contributed by atoms with Gasteiger partial charge in [-0.15, -0.1) is 0 Å². The summed E-state index contributed by atoms with van der Waals surface area (Å²) < 4.78 is 0. The van der Waals surface area contributed by atoms with Crippen LogP contribution < -0.4 is 0 Å². The van der Waals surface area contributed by atoms with Gasteiger partial charge in [0.15, 0.2) is 0 Å². The molecule has 20 heavy (non-hydrogen) atoms. The molecule has 7 unspecified atom stereocenters. The van der Waals surface area contributed by atoms with Gasteiger partial charge in [-0.1, -0.05) is 25.7 Å². The van der Waals surface area contributed by atoms with Crippen LogP contribution in [0.5, 0.6) is 0 Å². The lowest BCUT2D eigenvalue weighted by Crippen LogP contribution is -2.50. The average Bonchev–Trinajstić information content (AvgIpc) is 2.54. The number of nitrogens with zero attached hydrogens (tertiary/aromatic N) is 1. The fourth-order valence-corrected chi connectivity index (χ4v) is 6.87. The molecule has 0 N–H and O–H groups in total. The molecule has 0 bridgehead atoms. The molecule has 4 fully saturated rings. The fraction of sp³-hybridized carbons (Fsp3) is 0.947. The predicted octanol–water partition coefficient (Wildman–Crippen LogP) is 5.17. The van der Waals surface area contributed by atoms with Gasteiger partial charge >= 0.3 is 0 Å². The van der Waals surface area contributed by atoms with Crippen molar-refractivity contribution in [3.05, 3.63) is 0 Å². The molecule has 0 aliphatic heterocycles. The second-order valence-electron chi connectivity index (χ2n) is 8.19. The summed E-state index contributed by atoms with van der Waals surface area (Å²) in [5, 5.41) is 9.36. The van der Waals surface area contributed by atoms with Crippen LogP contribution in [0, 0.1) is 52.8 Å². The third-order valence-electron chi connectivity index (χ3n) is 7.54. The van der Waals surface area contributed by atoms with Crippen molar-refractivity contribution in [1.82, 2.24) is 0 Å². The molecule has 0 aromatic heterocycles. The van der Waals surface area contributed by atoms with Gasteiger partial charge in [-0.25, -0.2) is 0 Å². The summed E-state index contributed by atoms with van der Waals surface area (Å²) in [5.74, 6) is 6.50. The Hall–Kier alpha value is -0.510. The molecule has 0 aromatic rings. The fourth-order valence-electron chi connectivity index (χ4n) is 6.87. The molecule has 0 heterocycles. The zero-order valence-electron chi connectivity index (χ0n) is 12.8. The number of nitriles is 1. The van der Waals surface area contributed by atoms with E-state index < -0.39 is 0 Å². The number of hydrogen-bond donors (Lipinski definition) is 0. The monoisotopic (exact) mass is 271 g/mol. The Morgan fingerprint density at radius 1 is 0.550 bits per heavy atom. The summed E-state index contributed by atoms with van der Waals surface area (Å²) >= 11 is 0. The van der Waals surface area contributed by atoms with Crippen molar-refractivity contribution in [3.8, 4) is 6.07 Å². The van der Waals surface area contributed by atoms with Crippen LogP contribution in [0.25, 0.3) is 0 Å². The van der Waals surface area contributed by atoms with E-state index in [-0.39, 0.29) is 0 Å². The molecule has 1 heteroatoms. The Balaban J connectivity index is 1.63. The third-order valence-corrected chi connectivity index (χ3v) is 7.54. The standard InChI is InChI=1S/C19H29N/c20-12-13-9-10-18-16-7-2-1-5-14(16)15-6-3-4-8-17(15)19(18)11-13/h13-19H,1-11H2. The van der Waals surface area contributed by atoms with Crippen LogP contribution in [0.3, 0.4) is 0 Å². The lowest BCUT2D eigenvalue weighted by molar-refractivity contribution is -0.0834. The third kappa shape index (κ3) is 2.02. The molecule has 0 saturated heterocycles. The van der Waals surface area contributed by atoms with Crippen LogP contribution in [0.4, 0.5) is 0 Å². The molecular weight excluding hydrogens is 242 g/mol. The Kier molecular flexibility index (Phi) is 3.53. The molecule has 0 amide bonds. The number of hydrogen-bond acceptors (Lipinski definition) is 1. The molecule has 1 nitrogen and oxygen atoms in total. The van der Waals surface area contributed by atoms with Gasteiger partial charge in [0.25, 0.3) is 0 Å². The van der Waals surface area contributed by atoms with E-state index in [2.05, 4.69) is 6.07 Å². The van der Waals surface area contributed by atoms with Crippen LogP contribution in [-0.4, -0.2) is 0 Å². The minimum atomic E-state index is 0.388. The molecule has 4 aliphatic carbocycles.